The molecule has 0 bridgehead atoms. The summed E-state index contributed by atoms with van der Waals surface area (Å²) in [4.78, 5) is 13.1. The standard InChI is InChI=1S/C15H16N2O3/c1-9-4-3-5-10(2)14(9)17(15(16)20)12-7-6-11(18)8-13(12)19/h3-8,18-19H,1-2H3,(H2,16,20). The molecular formula is C15H16N2O3. The molecule has 0 saturated carbocycles. The number of primary amides is 1. The van der Waals surface area contributed by atoms with Gasteiger partial charge in [0.25, 0.3) is 0 Å². The highest BCUT2D eigenvalue weighted by molar-refractivity contribution is 6.01. The van der Waals surface area contributed by atoms with Gasteiger partial charge >= 0.3 is 6.03 Å². The number of carbonyl (C=O) groups is 1. The average Bonchev–Trinajstić information content (AvgIpc) is 2.35. The van der Waals surface area contributed by atoms with E-state index in [1.807, 2.05) is 32.0 Å². The highest BCUT2D eigenvalue weighted by Crippen LogP contribution is 2.37. The summed E-state index contributed by atoms with van der Waals surface area (Å²) in [5, 5.41) is 19.3. The van der Waals surface area contributed by atoms with E-state index in [0.717, 1.165) is 11.1 Å². The summed E-state index contributed by atoms with van der Waals surface area (Å²) in [5.41, 5.74) is 8.03. The summed E-state index contributed by atoms with van der Waals surface area (Å²) >= 11 is 0. The molecule has 0 fully saturated rings. The maximum atomic E-state index is 11.8. The lowest BCUT2D eigenvalue weighted by molar-refractivity contribution is 0.256. The SMILES string of the molecule is Cc1cccc(C)c1N(C(N)=O)c1ccc(O)cc1O. The van der Waals surface area contributed by atoms with Crippen LogP contribution in [0.2, 0.25) is 0 Å². The van der Waals surface area contributed by atoms with Gasteiger partial charge in [0.15, 0.2) is 0 Å². The van der Waals surface area contributed by atoms with E-state index in [9.17, 15) is 15.0 Å². The predicted octanol–water partition coefficient (Wildman–Crippen LogP) is 2.93. The highest BCUT2D eigenvalue weighted by Gasteiger charge is 2.21. The molecule has 4 N–H and O–H groups in total. The minimum Gasteiger partial charge on any atom is -0.508 e. The number of benzene rings is 2. The second-order valence-electron chi connectivity index (χ2n) is 4.59. The van der Waals surface area contributed by atoms with Crippen LogP contribution in [0, 0.1) is 13.8 Å². The van der Waals surface area contributed by atoms with Crippen LogP contribution in [0.25, 0.3) is 0 Å². The van der Waals surface area contributed by atoms with E-state index in [0.29, 0.717) is 5.69 Å². The number of phenols is 2. The van der Waals surface area contributed by atoms with Crippen molar-refractivity contribution in [3.63, 3.8) is 0 Å². The Balaban J connectivity index is 2.66. The van der Waals surface area contributed by atoms with E-state index in [2.05, 4.69) is 0 Å². The van der Waals surface area contributed by atoms with Gasteiger partial charge in [-0.2, -0.15) is 0 Å². The van der Waals surface area contributed by atoms with E-state index < -0.39 is 6.03 Å². The van der Waals surface area contributed by atoms with E-state index >= 15 is 0 Å². The zero-order valence-electron chi connectivity index (χ0n) is 11.3. The van der Waals surface area contributed by atoms with Crippen molar-refractivity contribution in [3.05, 3.63) is 47.5 Å². The first kappa shape index (κ1) is 13.7. The van der Waals surface area contributed by atoms with Gasteiger partial charge in [0, 0.05) is 6.07 Å². The molecule has 20 heavy (non-hydrogen) atoms. The summed E-state index contributed by atoms with van der Waals surface area (Å²) in [6, 6.07) is 8.89. The van der Waals surface area contributed by atoms with Crippen LogP contribution in [0.3, 0.4) is 0 Å². The Morgan fingerprint density at radius 1 is 1.10 bits per heavy atom. The van der Waals surface area contributed by atoms with Crippen molar-refractivity contribution in [2.24, 2.45) is 5.73 Å². The lowest BCUT2D eigenvalue weighted by Crippen LogP contribution is -2.32. The number of hydrogen-bond donors (Lipinski definition) is 3. The number of amides is 2. The number of phenolic OH excluding ortho intramolecular Hbond substituents is 2. The zero-order valence-corrected chi connectivity index (χ0v) is 11.3. The molecule has 2 aromatic carbocycles. The molecule has 104 valence electrons. The maximum Gasteiger partial charge on any atom is 0.324 e. The van der Waals surface area contributed by atoms with Gasteiger partial charge in [0.2, 0.25) is 0 Å². The molecule has 5 nitrogen and oxygen atoms in total. The minimum absolute atomic E-state index is 0.0859. The van der Waals surface area contributed by atoms with Crippen molar-refractivity contribution in [3.8, 4) is 11.5 Å². The van der Waals surface area contributed by atoms with Crippen LogP contribution >= 0.6 is 0 Å². The number of carbonyl (C=O) groups excluding carboxylic acids is 1. The zero-order chi connectivity index (χ0) is 14.9. The van der Waals surface area contributed by atoms with Crippen LogP contribution in [0.15, 0.2) is 36.4 Å². The third-order valence-corrected chi connectivity index (χ3v) is 3.08. The molecule has 0 aliphatic rings. The molecule has 0 aliphatic carbocycles. The van der Waals surface area contributed by atoms with E-state index in [4.69, 9.17) is 5.73 Å². The summed E-state index contributed by atoms with van der Waals surface area (Å²) < 4.78 is 0. The van der Waals surface area contributed by atoms with E-state index in [1.54, 1.807) is 0 Å². The van der Waals surface area contributed by atoms with Gasteiger partial charge in [0.05, 0.1) is 11.4 Å². The topological polar surface area (TPSA) is 86.8 Å². The number of aromatic hydroxyl groups is 2. The van der Waals surface area contributed by atoms with Crippen molar-refractivity contribution in [2.75, 3.05) is 4.90 Å². The normalized spacial score (nSPS) is 10.3. The number of hydrogen-bond acceptors (Lipinski definition) is 3. The average molecular weight is 272 g/mol. The molecule has 2 amide bonds. The third-order valence-electron chi connectivity index (χ3n) is 3.08. The van der Waals surface area contributed by atoms with Crippen LogP contribution in [0.4, 0.5) is 16.2 Å². The Morgan fingerprint density at radius 2 is 1.70 bits per heavy atom. The second kappa shape index (κ2) is 5.13. The second-order valence-corrected chi connectivity index (χ2v) is 4.59. The quantitative estimate of drug-likeness (QED) is 0.785. The van der Waals surface area contributed by atoms with Crippen LogP contribution < -0.4 is 10.6 Å². The van der Waals surface area contributed by atoms with E-state index in [-0.39, 0.29) is 17.2 Å². The van der Waals surface area contributed by atoms with Crippen LogP contribution in [-0.4, -0.2) is 16.2 Å². The molecule has 5 heteroatoms. The summed E-state index contributed by atoms with van der Waals surface area (Å²) in [6.07, 6.45) is 0. The number of para-hydroxylation sites is 1. The largest absolute Gasteiger partial charge is 0.508 e. The summed E-state index contributed by atoms with van der Waals surface area (Å²) in [7, 11) is 0. The number of nitrogens with two attached hydrogens (primary N) is 1. The first-order valence-corrected chi connectivity index (χ1v) is 6.09. The molecule has 2 aromatic rings. The fourth-order valence-electron chi connectivity index (χ4n) is 2.21. The first-order chi connectivity index (χ1) is 9.41. The monoisotopic (exact) mass is 272 g/mol. The Bertz CT molecular complexity index is 648. The molecule has 0 heterocycles. The van der Waals surface area contributed by atoms with Gasteiger partial charge in [0.1, 0.15) is 11.5 Å². The molecule has 0 aromatic heterocycles. The van der Waals surface area contributed by atoms with Gasteiger partial charge in [-0.3, -0.25) is 4.90 Å². The van der Waals surface area contributed by atoms with Crippen molar-refractivity contribution >= 4 is 17.4 Å². The molecule has 0 unspecified atom stereocenters. The molecule has 0 saturated heterocycles. The molecule has 0 radical (unpaired) electrons. The minimum atomic E-state index is -0.705. The van der Waals surface area contributed by atoms with Crippen molar-refractivity contribution < 1.29 is 15.0 Å². The van der Waals surface area contributed by atoms with Crippen molar-refractivity contribution in [1.82, 2.24) is 0 Å². The van der Waals surface area contributed by atoms with Crippen LogP contribution in [0.5, 0.6) is 11.5 Å². The lowest BCUT2D eigenvalue weighted by Gasteiger charge is -2.25. The fourth-order valence-corrected chi connectivity index (χ4v) is 2.21. The predicted molar refractivity (Wildman–Crippen MR) is 77.4 cm³/mol. The van der Waals surface area contributed by atoms with Gasteiger partial charge in [-0.15, -0.1) is 0 Å². The summed E-state index contributed by atoms with van der Waals surface area (Å²) in [6.45, 7) is 3.71. The Morgan fingerprint density at radius 3 is 2.20 bits per heavy atom. The molecule has 0 spiro atoms. The molecular weight excluding hydrogens is 256 g/mol. The first-order valence-electron chi connectivity index (χ1n) is 6.09. The highest BCUT2D eigenvalue weighted by atomic mass is 16.3. The van der Waals surface area contributed by atoms with Crippen molar-refractivity contribution in [1.29, 1.82) is 0 Å². The number of aryl methyl sites for hydroxylation is 2. The van der Waals surface area contributed by atoms with Gasteiger partial charge in [-0.05, 0) is 37.1 Å². The Kier molecular flexibility index (Phi) is 3.52. The number of rotatable bonds is 2. The molecule has 2 rings (SSSR count). The maximum absolute atomic E-state index is 11.8. The smallest absolute Gasteiger partial charge is 0.324 e. The number of anilines is 2. The Labute approximate surface area is 116 Å². The van der Waals surface area contributed by atoms with Crippen LogP contribution in [0.1, 0.15) is 11.1 Å². The molecule has 0 atom stereocenters. The van der Waals surface area contributed by atoms with Crippen LogP contribution in [-0.2, 0) is 0 Å². The fraction of sp³-hybridized carbons (Fsp3) is 0.133. The van der Waals surface area contributed by atoms with Gasteiger partial charge in [-0.25, -0.2) is 4.79 Å². The summed E-state index contributed by atoms with van der Waals surface area (Å²) in [5.74, 6) is -0.302. The van der Waals surface area contributed by atoms with Gasteiger partial charge < -0.3 is 15.9 Å². The molecule has 0 aliphatic heterocycles. The van der Waals surface area contributed by atoms with Crippen molar-refractivity contribution in [2.45, 2.75) is 13.8 Å². The van der Waals surface area contributed by atoms with E-state index in [1.165, 1.54) is 23.1 Å². The Hall–Kier alpha value is -2.69. The van der Waals surface area contributed by atoms with Gasteiger partial charge in [-0.1, -0.05) is 18.2 Å². The number of nitrogens with zero attached hydrogens (tertiary/aromatic N) is 1. The number of urea groups is 1. The third kappa shape index (κ3) is 2.38. The lowest BCUT2D eigenvalue weighted by atomic mass is 10.1.